The lowest BCUT2D eigenvalue weighted by molar-refractivity contribution is -0.114. The van der Waals surface area contributed by atoms with Crippen molar-refractivity contribution in [3.05, 3.63) is 23.8 Å². The third kappa shape index (κ3) is 3.68. The molecule has 0 spiro atoms. The minimum atomic E-state index is -0.569. The highest BCUT2D eigenvalue weighted by Crippen LogP contribution is 2.25. The normalized spacial score (nSPS) is 14.8. The molecule has 144 valence electrons. The second-order valence-electron chi connectivity index (χ2n) is 7.56. The molecule has 0 saturated heterocycles. The van der Waals surface area contributed by atoms with Gasteiger partial charge in [-0.05, 0) is 0 Å². The van der Waals surface area contributed by atoms with Crippen molar-refractivity contribution in [3.63, 3.8) is 0 Å². The lowest BCUT2D eigenvalue weighted by Crippen LogP contribution is -2.37. The number of carbonyl (C=O) groups is 2. The molecular weight excluding hydrogens is 346 g/mol. The van der Waals surface area contributed by atoms with E-state index in [2.05, 4.69) is 25.7 Å². The predicted molar refractivity (Wildman–Crippen MR) is 101 cm³/mol. The lowest BCUT2D eigenvalue weighted by atomic mass is 9.89. The molecule has 27 heavy (non-hydrogen) atoms. The van der Waals surface area contributed by atoms with E-state index in [0.717, 1.165) is 17.8 Å². The third-order valence-electron chi connectivity index (χ3n) is 4.41. The molecule has 1 aliphatic heterocycles. The summed E-state index contributed by atoms with van der Waals surface area (Å²) in [5, 5.41) is 10.0. The number of carbonyl (C=O) groups excluding carboxylic acids is 2. The minimum Gasteiger partial charge on any atom is -0.354 e. The second-order valence-corrected chi connectivity index (χ2v) is 7.56. The second kappa shape index (κ2) is 7.07. The summed E-state index contributed by atoms with van der Waals surface area (Å²) in [5.74, 6) is -0.184. The molecule has 2 amide bonds. The molecule has 2 aromatic rings. The molecule has 3 rings (SSSR count). The monoisotopic (exact) mass is 371 g/mol. The van der Waals surface area contributed by atoms with Gasteiger partial charge >= 0.3 is 0 Å². The summed E-state index contributed by atoms with van der Waals surface area (Å²) in [5.41, 5.74) is 1.50. The summed E-state index contributed by atoms with van der Waals surface area (Å²) in [6, 6.07) is 0. The maximum atomic E-state index is 13.0. The van der Waals surface area contributed by atoms with Crippen LogP contribution in [0.2, 0.25) is 0 Å². The van der Waals surface area contributed by atoms with Crippen LogP contribution in [0.1, 0.15) is 37.0 Å². The van der Waals surface area contributed by atoms with Gasteiger partial charge in [0, 0.05) is 45.3 Å². The van der Waals surface area contributed by atoms with Gasteiger partial charge < -0.3 is 15.2 Å². The number of aromatic nitrogens is 4. The highest BCUT2D eigenvalue weighted by Gasteiger charge is 2.30. The highest BCUT2D eigenvalue weighted by molar-refractivity contribution is 6.42. The molecule has 0 aromatic carbocycles. The highest BCUT2D eigenvalue weighted by atomic mass is 16.2. The topological polar surface area (TPSA) is 106 Å². The summed E-state index contributed by atoms with van der Waals surface area (Å²) < 4.78 is 3.72. The Morgan fingerprint density at radius 3 is 2.67 bits per heavy atom. The summed E-state index contributed by atoms with van der Waals surface area (Å²) in [4.78, 5) is 33.9. The van der Waals surface area contributed by atoms with Crippen molar-refractivity contribution < 1.29 is 9.59 Å². The van der Waals surface area contributed by atoms with E-state index in [1.54, 1.807) is 10.9 Å². The zero-order valence-electron chi connectivity index (χ0n) is 16.3. The number of fused-ring (bicyclic) bond motifs is 1. The van der Waals surface area contributed by atoms with E-state index >= 15 is 0 Å². The Labute approximate surface area is 157 Å². The van der Waals surface area contributed by atoms with Gasteiger partial charge in [0.05, 0.1) is 17.5 Å². The van der Waals surface area contributed by atoms with Crippen LogP contribution in [0.3, 0.4) is 0 Å². The van der Waals surface area contributed by atoms with Crippen LogP contribution in [0, 0.1) is 5.41 Å². The van der Waals surface area contributed by atoms with E-state index in [9.17, 15) is 9.59 Å². The van der Waals surface area contributed by atoms with Gasteiger partial charge in [0.1, 0.15) is 11.5 Å². The van der Waals surface area contributed by atoms with Crippen LogP contribution >= 0.6 is 0 Å². The smallest absolute Gasteiger partial charge is 0.297 e. The van der Waals surface area contributed by atoms with Crippen molar-refractivity contribution in [1.29, 1.82) is 0 Å². The van der Waals surface area contributed by atoms with E-state index < -0.39 is 11.3 Å². The van der Waals surface area contributed by atoms with Gasteiger partial charge in [0.15, 0.2) is 5.69 Å². The van der Waals surface area contributed by atoms with Crippen molar-refractivity contribution in [2.24, 2.45) is 17.5 Å². The Morgan fingerprint density at radius 1 is 1.33 bits per heavy atom. The summed E-state index contributed by atoms with van der Waals surface area (Å²) in [7, 11) is 3.36. The first kappa shape index (κ1) is 19.0. The molecule has 0 unspecified atom stereocenters. The fourth-order valence-corrected chi connectivity index (χ4v) is 3.06. The molecule has 0 atom stereocenters. The minimum absolute atomic E-state index is 0.184. The number of imidazole rings is 1. The average molecular weight is 371 g/mol. The Morgan fingerprint density at radius 2 is 2.07 bits per heavy atom. The van der Waals surface area contributed by atoms with Gasteiger partial charge in [-0.1, -0.05) is 20.8 Å². The van der Waals surface area contributed by atoms with Crippen LogP contribution in [-0.2, 0) is 24.9 Å². The van der Waals surface area contributed by atoms with Crippen LogP contribution in [0.15, 0.2) is 17.4 Å². The Balaban J connectivity index is 2.08. The molecule has 2 aromatic heterocycles. The molecule has 0 radical (unpaired) electrons. The predicted octanol–water partition coefficient (Wildman–Crippen LogP) is 0.760. The number of aliphatic imine (C=N–C) groups is 1. The first-order valence-corrected chi connectivity index (χ1v) is 8.87. The van der Waals surface area contributed by atoms with E-state index in [0.29, 0.717) is 18.9 Å². The molecule has 2 N–H and O–H groups in total. The van der Waals surface area contributed by atoms with E-state index in [1.165, 1.54) is 7.05 Å². The SMILES string of the molecule is CNC(=O)C(=NC(=O)c1nc(-c2cnn(C)c2)n2c1CNCC2)C(C)(C)C. The quantitative estimate of drug-likeness (QED) is 0.775. The fraction of sp³-hybridized carbons (Fsp3) is 0.500. The van der Waals surface area contributed by atoms with Crippen LogP contribution < -0.4 is 10.6 Å². The Bertz CT molecular complexity index is 915. The number of nitrogens with one attached hydrogen (secondary N) is 2. The number of nitrogens with zero attached hydrogens (tertiary/aromatic N) is 5. The number of amides is 2. The maximum absolute atomic E-state index is 13.0. The van der Waals surface area contributed by atoms with Gasteiger partial charge in [-0.15, -0.1) is 0 Å². The first-order valence-electron chi connectivity index (χ1n) is 8.87. The number of rotatable bonds is 3. The molecule has 1 aliphatic rings. The zero-order valence-corrected chi connectivity index (χ0v) is 16.3. The Kier molecular flexibility index (Phi) is 4.97. The fourth-order valence-electron chi connectivity index (χ4n) is 3.06. The number of aryl methyl sites for hydroxylation is 1. The maximum Gasteiger partial charge on any atom is 0.297 e. The zero-order chi connectivity index (χ0) is 19.8. The third-order valence-corrected chi connectivity index (χ3v) is 4.41. The van der Waals surface area contributed by atoms with Gasteiger partial charge in [0.2, 0.25) is 0 Å². The summed E-state index contributed by atoms with van der Waals surface area (Å²) >= 11 is 0. The molecule has 0 saturated carbocycles. The number of hydrogen-bond acceptors (Lipinski definition) is 5. The van der Waals surface area contributed by atoms with Crippen LogP contribution in [0.5, 0.6) is 0 Å². The van der Waals surface area contributed by atoms with Crippen molar-refractivity contribution in [2.45, 2.75) is 33.9 Å². The van der Waals surface area contributed by atoms with Crippen molar-refractivity contribution in [3.8, 4) is 11.4 Å². The largest absolute Gasteiger partial charge is 0.354 e. The van der Waals surface area contributed by atoms with Crippen LogP contribution in [-0.4, -0.2) is 50.5 Å². The standard InChI is InChI=1S/C18H25N7O2/c1-18(2,3)14(17(27)19-4)23-16(26)13-12-9-20-6-7-25(12)15(22-13)11-8-21-24(5)10-11/h8,10,20H,6-7,9H2,1-5H3,(H,19,27). The molecule has 0 fully saturated rings. The molecule has 0 bridgehead atoms. The Hall–Kier alpha value is -2.81. The first-order chi connectivity index (χ1) is 12.7. The summed E-state index contributed by atoms with van der Waals surface area (Å²) in [6.07, 6.45) is 3.58. The van der Waals surface area contributed by atoms with Gasteiger partial charge in [-0.3, -0.25) is 14.3 Å². The van der Waals surface area contributed by atoms with Crippen molar-refractivity contribution in [2.75, 3.05) is 13.6 Å². The van der Waals surface area contributed by atoms with E-state index in [-0.39, 0.29) is 17.3 Å². The van der Waals surface area contributed by atoms with Crippen LogP contribution in [0.25, 0.3) is 11.4 Å². The molecule has 9 heteroatoms. The average Bonchev–Trinajstić information content (AvgIpc) is 3.21. The van der Waals surface area contributed by atoms with Gasteiger partial charge in [0.25, 0.3) is 11.8 Å². The summed E-state index contributed by atoms with van der Waals surface area (Å²) in [6.45, 7) is 7.55. The molecule has 0 aliphatic carbocycles. The van der Waals surface area contributed by atoms with Crippen molar-refractivity contribution in [1.82, 2.24) is 30.0 Å². The molecule has 9 nitrogen and oxygen atoms in total. The van der Waals surface area contributed by atoms with Crippen molar-refractivity contribution >= 4 is 17.5 Å². The number of hydrogen-bond donors (Lipinski definition) is 2. The van der Waals surface area contributed by atoms with E-state index in [1.807, 2.05) is 38.6 Å². The molecule has 3 heterocycles. The lowest BCUT2D eigenvalue weighted by Gasteiger charge is -2.20. The van der Waals surface area contributed by atoms with Crippen LogP contribution in [0.4, 0.5) is 0 Å². The van der Waals surface area contributed by atoms with Gasteiger partial charge in [-0.2, -0.15) is 5.10 Å². The van der Waals surface area contributed by atoms with Gasteiger partial charge in [-0.25, -0.2) is 9.98 Å². The molecular formula is C18H25N7O2. The van der Waals surface area contributed by atoms with E-state index in [4.69, 9.17) is 0 Å².